The zero-order valence-electron chi connectivity index (χ0n) is 17.2. The fourth-order valence-corrected chi connectivity index (χ4v) is 2.75. The summed E-state index contributed by atoms with van der Waals surface area (Å²) in [5.74, 6) is 0.598. The Kier molecular flexibility index (Phi) is 10.7. The maximum absolute atomic E-state index is 11.1. The van der Waals surface area contributed by atoms with Gasteiger partial charge in [0.05, 0.1) is 6.54 Å². The van der Waals surface area contributed by atoms with Crippen LogP contribution in [0.3, 0.4) is 0 Å². The minimum atomic E-state index is -1.02. The Morgan fingerprint density at radius 1 is 1.07 bits per heavy atom. The first kappa shape index (κ1) is 24.9. The van der Waals surface area contributed by atoms with Crippen LogP contribution in [0.2, 0.25) is 0 Å². The molecule has 0 bridgehead atoms. The number of nitrogens with one attached hydrogen (secondary N) is 3. The molecule has 1 unspecified atom stereocenters. The molecule has 1 atom stereocenters. The van der Waals surface area contributed by atoms with Crippen molar-refractivity contribution in [3.63, 3.8) is 0 Å². The fourth-order valence-electron chi connectivity index (χ4n) is 2.75. The van der Waals surface area contributed by atoms with Crippen molar-refractivity contribution < 1.29 is 9.90 Å². The van der Waals surface area contributed by atoms with Gasteiger partial charge in [0.25, 0.3) is 0 Å². The van der Waals surface area contributed by atoms with Crippen molar-refractivity contribution in [1.82, 2.24) is 10.6 Å². The number of nitrogens with zero attached hydrogens (tertiary/aromatic N) is 1. The van der Waals surface area contributed by atoms with E-state index < -0.39 is 5.60 Å². The van der Waals surface area contributed by atoms with Gasteiger partial charge < -0.3 is 21.1 Å². The highest BCUT2D eigenvalue weighted by Gasteiger charge is 2.22. The quantitative estimate of drug-likeness (QED) is 0.250. The van der Waals surface area contributed by atoms with Gasteiger partial charge in [-0.2, -0.15) is 0 Å². The van der Waals surface area contributed by atoms with Crippen LogP contribution in [-0.4, -0.2) is 36.6 Å². The molecular formula is C22H31IN4O2. The Balaban J connectivity index is 0.00000420. The minimum absolute atomic E-state index is 0. The van der Waals surface area contributed by atoms with Crippen molar-refractivity contribution in [3.8, 4) is 0 Å². The number of carbonyl (C=O) groups excluding carboxylic acids is 1. The molecule has 158 valence electrons. The van der Waals surface area contributed by atoms with E-state index >= 15 is 0 Å². The van der Waals surface area contributed by atoms with Crippen LogP contribution in [0.5, 0.6) is 0 Å². The summed E-state index contributed by atoms with van der Waals surface area (Å²) in [5.41, 5.74) is 1.77. The van der Waals surface area contributed by atoms with Crippen molar-refractivity contribution >= 4 is 41.5 Å². The number of anilines is 1. The summed E-state index contributed by atoms with van der Waals surface area (Å²) in [7, 11) is 0. The maximum atomic E-state index is 11.1. The van der Waals surface area contributed by atoms with Crippen molar-refractivity contribution in [2.75, 3.05) is 25.0 Å². The van der Waals surface area contributed by atoms with Gasteiger partial charge in [0.15, 0.2) is 5.96 Å². The van der Waals surface area contributed by atoms with Gasteiger partial charge >= 0.3 is 0 Å². The molecule has 4 N–H and O–H groups in total. The lowest BCUT2D eigenvalue weighted by molar-refractivity contribution is -0.114. The van der Waals surface area contributed by atoms with E-state index in [1.54, 1.807) is 6.92 Å². The zero-order valence-corrected chi connectivity index (χ0v) is 19.6. The molecule has 29 heavy (non-hydrogen) atoms. The van der Waals surface area contributed by atoms with Crippen LogP contribution < -0.4 is 16.0 Å². The van der Waals surface area contributed by atoms with E-state index in [-0.39, 0.29) is 36.4 Å². The Labute approximate surface area is 190 Å². The van der Waals surface area contributed by atoms with Crippen molar-refractivity contribution in [1.29, 1.82) is 0 Å². The number of amides is 1. The van der Waals surface area contributed by atoms with Gasteiger partial charge in [-0.15, -0.1) is 24.0 Å². The van der Waals surface area contributed by atoms with Crippen LogP contribution in [0.1, 0.15) is 31.9 Å². The van der Waals surface area contributed by atoms with E-state index in [0.717, 1.165) is 29.8 Å². The van der Waals surface area contributed by atoms with Crippen LogP contribution in [0.4, 0.5) is 5.69 Å². The third kappa shape index (κ3) is 8.82. The molecule has 2 rings (SSSR count). The maximum Gasteiger partial charge on any atom is 0.221 e. The number of aliphatic hydroxyl groups is 1. The second-order valence-corrected chi connectivity index (χ2v) is 6.89. The van der Waals surface area contributed by atoms with Crippen LogP contribution >= 0.6 is 24.0 Å². The summed E-state index contributed by atoms with van der Waals surface area (Å²) in [6.07, 6.45) is 0.819. The highest BCUT2D eigenvalue weighted by molar-refractivity contribution is 14.0. The summed E-state index contributed by atoms with van der Waals surface area (Å²) in [6.45, 7) is 6.98. The summed E-state index contributed by atoms with van der Waals surface area (Å²) in [5, 5.41) is 20.0. The number of benzene rings is 2. The number of hydrogen-bond donors (Lipinski definition) is 4. The standard InChI is InChI=1S/C22H30N4O2.HI/c1-4-23-21(25-16-22(3,28)19-8-6-5-7-9-19)24-15-14-18-10-12-20(13-11-18)26-17(2)27;/h5-13,28H,4,14-16H2,1-3H3,(H,26,27)(H2,23,24,25);1H. The van der Waals surface area contributed by atoms with Gasteiger partial charge in [0.1, 0.15) is 5.60 Å². The van der Waals surface area contributed by atoms with E-state index in [2.05, 4.69) is 20.9 Å². The predicted octanol–water partition coefficient (Wildman–Crippen LogP) is 3.27. The summed E-state index contributed by atoms with van der Waals surface area (Å²) < 4.78 is 0. The molecular weight excluding hydrogens is 479 g/mol. The second-order valence-electron chi connectivity index (χ2n) is 6.89. The van der Waals surface area contributed by atoms with Gasteiger partial charge in [-0.3, -0.25) is 4.79 Å². The molecule has 0 saturated carbocycles. The number of aliphatic imine (C=N–C) groups is 1. The Morgan fingerprint density at radius 2 is 1.72 bits per heavy atom. The molecule has 0 aromatic heterocycles. The van der Waals surface area contributed by atoms with E-state index in [1.165, 1.54) is 6.92 Å². The van der Waals surface area contributed by atoms with Crippen molar-refractivity contribution in [3.05, 3.63) is 65.7 Å². The fraction of sp³-hybridized carbons (Fsp3) is 0.364. The Hall–Kier alpha value is -2.13. The second kappa shape index (κ2) is 12.4. The number of rotatable bonds is 8. The van der Waals surface area contributed by atoms with Crippen LogP contribution in [0.25, 0.3) is 0 Å². The molecule has 0 aliphatic rings. The molecule has 0 radical (unpaired) electrons. The Bertz CT molecular complexity index is 777. The van der Waals surface area contributed by atoms with E-state index in [1.807, 2.05) is 61.5 Å². The number of carbonyl (C=O) groups is 1. The lowest BCUT2D eigenvalue weighted by Crippen LogP contribution is -2.39. The lowest BCUT2D eigenvalue weighted by Gasteiger charge is -2.22. The first-order chi connectivity index (χ1) is 13.4. The Morgan fingerprint density at radius 3 is 2.31 bits per heavy atom. The molecule has 1 amide bonds. The van der Waals surface area contributed by atoms with Crippen LogP contribution in [0, 0.1) is 0 Å². The van der Waals surface area contributed by atoms with Crippen LogP contribution in [0.15, 0.2) is 59.6 Å². The topological polar surface area (TPSA) is 85.8 Å². The molecule has 0 fully saturated rings. The van der Waals surface area contributed by atoms with Gasteiger partial charge in [-0.05, 0) is 43.5 Å². The summed E-state index contributed by atoms with van der Waals surface area (Å²) >= 11 is 0. The molecule has 0 saturated heterocycles. The first-order valence-electron chi connectivity index (χ1n) is 9.57. The number of halogens is 1. The van der Waals surface area contributed by atoms with Crippen LogP contribution in [-0.2, 0) is 16.8 Å². The van der Waals surface area contributed by atoms with Gasteiger partial charge in [-0.25, -0.2) is 4.99 Å². The average molecular weight is 510 g/mol. The lowest BCUT2D eigenvalue weighted by atomic mass is 9.96. The normalized spacial score (nSPS) is 13.0. The monoisotopic (exact) mass is 510 g/mol. The molecule has 2 aromatic rings. The first-order valence-corrected chi connectivity index (χ1v) is 9.57. The molecule has 2 aromatic carbocycles. The van der Waals surface area contributed by atoms with Crippen molar-refractivity contribution in [2.24, 2.45) is 4.99 Å². The largest absolute Gasteiger partial charge is 0.384 e. The minimum Gasteiger partial charge on any atom is -0.384 e. The molecule has 0 aliphatic heterocycles. The smallest absolute Gasteiger partial charge is 0.221 e. The average Bonchev–Trinajstić information content (AvgIpc) is 2.68. The van der Waals surface area contributed by atoms with E-state index in [9.17, 15) is 9.90 Å². The molecule has 0 aliphatic carbocycles. The van der Waals surface area contributed by atoms with Gasteiger partial charge in [-0.1, -0.05) is 42.5 Å². The summed E-state index contributed by atoms with van der Waals surface area (Å²) in [6, 6.07) is 17.3. The zero-order chi connectivity index (χ0) is 20.4. The number of guanidine groups is 1. The molecule has 0 spiro atoms. The SMILES string of the molecule is CCNC(=NCC(C)(O)c1ccccc1)NCCc1ccc(NC(C)=O)cc1.I. The van der Waals surface area contributed by atoms with Gasteiger partial charge in [0.2, 0.25) is 5.91 Å². The molecule has 7 heteroatoms. The van der Waals surface area contributed by atoms with E-state index in [0.29, 0.717) is 12.5 Å². The third-order valence-electron chi connectivity index (χ3n) is 4.27. The highest BCUT2D eigenvalue weighted by atomic mass is 127. The van der Waals surface area contributed by atoms with Gasteiger partial charge in [0, 0.05) is 25.7 Å². The summed E-state index contributed by atoms with van der Waals surface area (Å²) in [4.78, 5) is 15.6. The van der Waals surface area contributed by atoms with Crippen molar-refractivity contribution in [2.45, 2.75) is 32.8 Å². The predicted molar refractivity (Wildman–Crippen MR) is 130 cm³/mol. The highest BCUT2D eigenvalue weighted by Crippen LogP contribution is 2.20. The molecule has 6 nitrogen and oxygen atoms in total. The number of hydrogen-bond acceptors (Lipinski definition) is 3. The third-order valence-corrected chi connectivity index (χ3v) is 4.27. The molecule has 0 heterocycles. The van der Waals surface area contributed by atoms with E-state index in [4.69, 9.17) is 0 Å².